The van der Waals surface area contributed by atoms with Crippen molar-refractivity contribution in [1.82, 2.24) is 4.90 Å². The molecule has 0 bridgehead atoms. The fourth-order valence-electron chi connectivity index (χ4n) is 5.20. The summed E-state index contributed by atoms with van der Waals surface area (Å²) in [5.74, 6) is 0.490. The number of aryl methyl sites for hydroxylation is 3. The van der Waals surface area contributed by atoms with Gasteiger partial charge < -0.3 is 9.80 Å². The first-order valence-electron chi connectivity index (χ1n) is 14.9. The van der Waals surface area contributed by atoms with Gasteiger partial charge >= 0.3 is 0 Å². The average molecular weight is 593 g/mol. The second-order valence-corrected chi connectivity index (χ2v) is 11.7. The van der Waals surface area contributed by atoms with Crippen LogP contribution in [-0.2, 0) is 28.6 Å². The highest BCUT2D eigenvalue weighted by molar-refractivity contribution is 7.82. The van der Waals surface area contributed by atoms with E-state index in [0.717, 1.165) is 43.0 Å². The summed E-state index contributed by atoms with van der Waals surface area (Å²) in [6.07, 6.45) is 4.87. The Bertz CT molecular complexity index is 1390. The third-order valence-corrected chi connectivity index (χ3v) is 8.27. The molecule has 2 aliphatic rings. The first kappa shape index (κ1) is 33.1. The van der Waals surface area contributed by atoms with Crippen LogP contribution in [0.2, 0.25) is 0 Å². The van der Waals surface area contributed by atoms with Crippen molar-refractivity contribution in [2.45, 2.75) is 70.6 Å². The minimum Gasteiger partial charge on any atom is -0.360 e. The monoisotopic (exact) mass is 592 g/mol. The second-order valence-electron chi connectivity index (χ2n) is 10.6. The molecule has 1 unspecified atom stereocenters. The summed E-state index contributed by atoms with van der Waals surface area (Å²) in [6.45, 7) is 9.96. The van der Waals surface area contributed by atoms with Gasteiger partial charge in [0.25, 0.3) is 0 Å². The van der Waals surface area contributed by atoms with Crippen molar-refractivity contribution in [2.24, 2.45) is 10.1 Å². The van der Waals surface area contributed by atoms with Gasteiger partial charge in [-0.15, -0.1) is 0 Å². The van der Waals surface area contributed by atoms with Gasteiger partial charge in [0.15, 0.2) is 0 Å². The number of fused-ring (bicyclic) bond motifs is 1. The molecule has 42 heavy (non-hydrogen) atoms. The van der Waals surface area contributed by atoms with Gasteiger partial charge in [-0.05, 0) is 91.1 Å². The Balaban J connectivity index is 0.000000340. The second kappa shape index (κ2) is 16.3. The van der Waals surface area contributed by atoms with E-state index in [0.29, 0.717) is 17.0 Å². The van der Waals surface area contributed by atoms with Crippen LogP contribution in [0, 0.1) is 12.7 Å². The van der Waals surface area contributed by atoms with E-state index in [1.165, 1.54) is 30.0 Å². The van der Waals surface area contributed by atoms with Gasteiger partial charge in [-0.3, -0.25) is 9.79 Å². The van der Waals surface area contributed by atoms with Crippen LogP contribution in [0.5, 0.6) is 0 Å². The summed E-state index contributed by atoms with van der Waals surface area (Å²) in [5.41, 5.74) is 5.33. The van der Waals surface area contributed by atoms with Crippen molar-refractivity contribution < 1.29 is 13.4 Å². The Morgan fingerprint density at radius 3 is 2.38 bits per heavy atom. The summed E-state index contributed by atoms with van der Waals surface area (Å²) in [4.78, 5) is 22.7. The van der Waals surface area contributed by atoms with Gasteiger partial charge in [-0.2, -0.15) is 0 Å². The number of anilines is 1. The standard InChI is InChI=1S/C25H30FN3O.C7H9NOS.C2H6/c1-18(22-9-5-6-10-23(22)26)15-25(30)29(17-24-27-13-14-28(24)2)21-12-11-19-7-3-4-8-20(19)16-21;1-6-3-2-4-7(5-6)10(8)9;1-2/h5-6,9-12,16,18H,3-4,7-8,13-15,17H2,1-2H3;2-5H,8H2,1H3;1-2H3/t18-;;/m0../s1. The zero-order chi connectivity index (χ0) is 30.6. The summed E-state index contributed by atoms with van der Waals surface area (Å²) in [7, 11) is 0.678. The normalized spacial score (nSPS) is 15.2. The molecule has 2 N–H and O–H groups in total. The molecule has 3 aromatic rings. The van der Waals surface area contributed by atoms with Gasteiger partial charge in [0.05, 0.1) is 18.0 Å². The average Bonchev–Trinajstić information content (AvgIpc) is 3.41. The third kappa shape index (κ3) is 9.07. The Morgan fingerprint density at radius 1 is 1.05 bits per heavy atom. The Kier molecular flexibility index (Phi) is 12.9. The largest absolute Gasteiger partial charge is 0.360 e. The molecule has 0 fully saturated rings. The van der Waals surface area contributed by atoms with E-state index in [2.05, 4.69) is 28.1 Å². The number of hydrogen-bond donors (Lipinski definition) is 1. The first-order valence-corrected chi connectivity index (χ1v) is 16.1. The Hall–Kier alpha value is -3.36. The fourth-order valence-corrected chi connectivity index (χ4v) is 5.71. The summed E-state index contributed by atoms with van der Waals surface area (Å²) in [6, 6.07) is 20.5. The lowest BCUT2D eigenvalue weighted by atomic mass is 9.91. The van der Waals surface area contributed by atoms with E-state index >= 15 is 0 Å². The Labute approximate surface area is 253 Å². The zero-order valence-corrected chi connectivity index (χ0v) is 26.4. The highest BCUT2D eigenvalue weighted by atomic mass is 32.2. The van der Waals surface area contributed by atoms with Crippen molar-refractivity contribution in [3.05, 3.63) is 94.8 Å². The molecule has 1 aliphatic carbocycles. The van der Waals surface area contributed by atoms with Gasteiger partial charge in [-0.25, -0.2) is 13.7 Å². The molecule has 6 nitrogen and oxygen atoms in total. The van der Waals surface area contributed by atoms with Gasteiger partial charge in [0.1, 0.15) is 22.6 Å². The van der Waals surface area contributed by atoms with Crippen molar-refractivity contribution >= 4 is 28.4 Å². The van der Waals surface area contributed by atoms with Crippen molar-refractivity contribution in [2.75, 3.05) is 31.6 Å². The minimum atomic E-state index is -1.34. The van der Waals surface area contributed by atoms with E-state index in [1.807, 2.05) is 63.9 Å². The molecule has 0 aromatic heterocycles. The predicted octanol–water partition coefficient (Wildman–Crippen LogP) is 6.58. The quantitative estimate of drug-likeness (QED) is 0.337. The van der Waals surface area contributed by atoms with E-state index in [4.69, 9.17) is 5.14 Å². The molecule has 8 heteroatoms. The maximum Gasteiger partial charge on any atom is 0.228 e. The number of nitrogens with two attached hydrogens (primary N) is 1. The van der Waals surface area contributed by atoms with Crippen LogP contribution in [0.4, 0.5) is 10.1 Å². The van der Waals surface area contributed by atoms with Gasteiger partial charge in [-0.1, -0.05) is 57.2 Å². The van der Waals surface area contributed by atoms with Crippen LogP contribution in [0.15, 0.2) is 76.6 Å². The molecular weight excluding hydrogens is 547 g/mol. The lowest BCUT2D eigenvalue weighted by molar-refractivity contribution is -0.118. The summed E-state index contributed by atoms with van der Waals surface area (Å²) < 4.78 is 24.9. The number of nitrogens with zero attached hydrogens (tertiary/aromatic N) is 3. The molecule has 1 heterocycles. The molecular formula is C34H45FN4O2S. The summed E-state index contributed by atoms with van der Waals surface area (Å²) >= 11 is 0. The molecule has 3 aromatic carbocycles. The van der Waals surface area contributed by atoms with E-state index < -0.39 is 11.0 Å². The summed E-state index contributed by atoms with van der Waals surface area (Å²) in [5, 5.41) is 5.15. The lowest BCUT2D eigenvalue weighted by Crippen LogP contribution is -2.40. The van der Waals surface area contributed by atoms with Crippen LogP contribution >= 0.6 is 0 Å². The van der Waals surface area contributed by atoms with E-state index in [9.17, 15) is 13.4 Å². The smallest absolute Gasteiger partial charge is 0.228 e. The van der Waals surface area contributed by atoms with Crippen LogP contribution in [0.25, 0.3) is 0 Å². The number of hydrogen-bond acceptors (Lipinski definition) is 4. The fraction of sp³-hybridized carbons (Fsp3) is 0.412. The minimum absolute atomic E-state index is 0.00418. The third-order valence-electron chi connectivity index (χ3n) is 7.55. The molecule has 0 radical (unpaired) electrons. The molecule has 5 rings (SSSR count). The Morgan fingerprint density at radius 2 is 1.76 bits per heavy atom. The van der Waals surface area contributed by atoms with Crippen LogP contribution < -0.4 is 10.0 Å². The molecule has 0 spiro atoms. The van der Waals surface area contributed by atoms with Crippen LogP contribution in [0.3, 0.4) is 0 Å². The highest BCUT2D eigenvalue weighted by Crippen LogP contribution is 2.29. The SMILES string of the molecule is CC.C[C@@H](CC(=O)N(CC1=NCCN1C)c1ccc2c(c1)CCCC2)c1ccccc1F.Cc1cccc(S(N)=O)c1. The molecule has 226 valence electrons. The topological polar surface area (TPSA) is 79.0 Å². The molecule has 0 saturated heterocycles. The molecule has 2 atom stereocenters. The number of benzene rings is 3. The maximum atomic E-state index is 14.2. The number of carbonyl (C=O) groups excluding carboxylic acids is 1. The zero-order valence-electron chi connectivity index (χ0n) is 25.6. The van der Waals surface area contributed by atoms with Crippen LogP contribution in [-0.4, -0.2) is 47.5 Å². The molecule has 1 aliphatic heterocycles. The van der Waals surface area contributed by atoms with Crippen molar-refractivity contribution in [1.29, 1.82) is 0 Å². The number of amidine groups is 1. The number of amides is 1. The van der Waals surface area contributed by atoms with E-state index in [-0.39, 0.29) is 24.1 Å². The predicted molar refractivity (Wildman–Crippen MR) is 173 cm³/mol. The number of aliphatic imine (C=N–C) groups is 1. The van der Waals surface area contributed by atoms with E-state index in [1.54, 1.807) is 18.2 Å². The molecule has 0 saturated carbocycles. The number of carbonyl (C=O) groups is 1. The van der Waals surface area contributed by atoms with Crippen molar-refractivity contribution in [3.8, 4) is 0 Å². The maximum absolute atomic E-state index is 14.2. The molecule has 1 amide bonds. The lowest BCUT2D eigenvalue weighted by Gasteiger charge is -2.28. The highest BCUT2D eigenvalue weighted by Gasteiger charge is 2.25. The number of halogens is 1. The first-order chi connectivity index (χ1) is 20.2. The van der Waals surface area contributed by atoms with Crippen molar-refractivity contribution in [3.63, 3.8) is 0 Å². The number of likely N-dealkylation sites (N-methyl/N-ethyl adjacent to an activating group) is 1. The van der Waals surface area contributed by atoms with Gasteiger partial charge in [0.2, 0.25) is 5.91 Å². The van der Waals surface area contributed by atoms with Gasteiger partial charge in [0, 0.05) is 25.7 Å². The number of rotatable bonds is 7. The van der Waals surface area contributed by atoms with Crippen LogP contribution in [0.1, 0.15) is 68.2 Å².